The van der Waals surface area contributed by atoms with Gasteiger partial charge in [-0.05, 0) is 62.6 Å². The lowest BCUT2D eigenvalue weighted by Crippen LogP contribution is -2.40. The third kappa shape index (κ3) is 7.77. The summed E-state index contributed by atoms with van der Waals surface area (Å²) in [5, 5.41) is 2.47. The number of carbonyl (C=O) groups excluding carboxylic acids is 3. The van der Waals surface area contributed by atoms with Gasteiger partial charge in [0.2, 0.25) is 5.91 Å². The van der Waals surface area contributed by atoms with Crippen molar-refractivity contribution in [1.29, 1.82) is 0 Å². The third-order valence-corrected chi connectivity index (χ3v) is 4.26. The molecule has 0 aromatic heterocycles. The van der Waals surface area contributed by atoms with Crippen LogP contribution in [0.5, 0.6) is 0 Å². The average molecular weight is 427 g/mol. The lowest BCUT2D eigenvalue weighted by atomic mass is 10.0. The molecular formula is C24H30N2O5. The van der Waals surface area contributed by atoms with Crippen LogP contribution in [-0.2, 0) is 20.8 Å². The quantitative estimate of drug-likeness (QED) is 0.676. The first kappa shape index (κ1) is 23.9. The predicted octanol–water partition coefficient (Wildman–Crippen LogP) is 4.01. The number of rotatable bonds is 7. The van der Waals surface area contributed by atoms with Crippen LogP contribution in [0, 0.1) is 0 Å². The standard InChI is InChI=1S/C24H30N2O5/c1-6-30-22(28)20-12-8-11-19(14-20)18-10-7-9-17(13-18)16-26(5)21(27)15-25-23(29)31-24(2,3)4/h7-14H,6,15-16H2,1-5H3,(H,25,29). The minimum Gasteiger partial charge on any atom is -0.462 e. The SMILES string of the molecule is CCOC(=O)c1cccc(-c2cccc(CN(C)C(=O)CNC(=O)OC(C)(C)C)c2)c1. The van der Waals surface area contributed by atoms with Crippen molar-refractivity contribution in [3.05, 3.63) is 59.7 Å². The molecule has 2 rings (SSSR count). The lowest BCUT2D eigenvalue weighted by Gasteiger charge is -2.21. The molecule has 0 radical (unpaired) electrons. The number of benzene rings is 2. The number of hydrogen-bond donors (Lipinski definition) is 1. The van der Waals surface area contributed by atoms with E-state index >= 15 is 0 Å². The topological polar surface area (TPSA) is 84.9 Å². The Morgan fingerprint density at radius 1 is 1.00 bits per heavy atom. The number of esters is 1. The highest BCUT2D eigenvalue weighted by atomic mass is 16.6. The Kier molecular flexibility index (Phi) is 8.19. The number of amides is 2. The van der Waals surface area contributed by atoms with Crippen LogP contribution in [0.1, 0.15) is 43.6 Å². The molecule has 31 heavy (non-hydrogen) atoms. The number of carbonyl (C=O) groups is 3. The van der Waals surface area contributed by atoms with Gasteiger partial charge in [-0.1, -0.05) is 30.3 Å². The van der Waals surface area contributed by atoms with E-state index in [0.29, 0.717) is 18.7 Å². The molecule has 0 saturated carbocycles. The van der Waals surface area contributed by atoms with Crippen molar-refractivity contribution >= 4 is 18.0 Å². The van der Waals surface area contributed by atoms with Crippen molar-refractivity contribution in [2.24, 2.45) is 0 Å². The molecule has 2 aromatic carbocycles. The predicted molar refractivity (Wildman–Crippen MR) is 119 cm³/mol. The molecule has 7 nitrogen and oxygen atoms in total. The highest BCUT2D eigenvalue weighted by Crippen LogP contribution is 2.22. The van der Waals surface area contributed by atoms with Crippen LogP contribution in [0.15, 0.2) is 48.5 Å². The van der Waals surface area contributed by atoms with E-state index in [0.717, 1.165) is 16.7 Å². The van der Waals surface area contributed by atoms with E-state index in [1.807, 2.05) is 36.4 Å². The summed E-state index contributed by atoms with van der Waals surface area (Å²) in [5.41, 5.74) is 2.60. The maximum Gasteiger partial charge on any atom is 0.408 e. The molecule has 0 atom stereocenters. The van der Waals surface area contributed by atoms with Gasteiger partial charge >= 0.3 is 12.1 Å². The summed E-state index contributed by atoms with van der Waals surface area (Å²) < 4.78 is 10.2. The van der Waals surface area contributed by atoms with Crippen LogP contribution in [0.3, 0.4) is 0 Å². The zero-order valence-electron chi connectivity index (χ0n) is 18.7. The van der Waals surface area contributed by atoms with Crippen molar-refractivity contribution in [2.75, 3.05) is 20.2 Å². The van der Waals surface area contributed by atoms with Gasteiger partial charge in [-0.15, -0.1) is 0 Å². The smallest absolute Gasteiger partial charge is 0.408 e. The first-order valence-electron chi connectivity index (χ1n) is 10.2. The first-order valence-corrected chi connectivity index (χ1v) is 10.2. The van der Waals surface area contributed by atoms with Gasteiger partial charge in [0.15, 0.2) is 0 Å². The van der Waals surface area contributed by atoms with Crippen LogP contribution in [0.2, 0.25) is 0 Å². The van der Waals surface area contributed by atoms with Crippen molar-refractivity contribution in [2.45, 2.75) is 39.8 Å². The van der Waals surface area contributed by atoms with Crippen LogP contribution in [0.4, 0.5) is 4.79 Å². The zero-order chi connectivity index (χ0) is 23.0. The minimum atomic E-state index is -0.627. The lowest BCUT2D eigenvalue weighted by molar-refractivity contribution is -0.129. The van der Waals surface area contributed by atoms with E-state index in [1.165, 1.54) is 4.90 Å². The summed E-state index contributed by atoms with van der Waals surface area (Å²) in [6.07, 6.45) is -0.627. The highest BCUT2D eigenvalue weighted by Gasteiger charge is 2.18. The number of nitrogens with one attached hydrogen (secondary N) is 1. The molecule has 7 heteroatoms. The third-order valence-electron chi connectivity index (χ3n) is 4.26. The molecule has 1 N–H and O–H groups in total. The van der Waals surface area contributed by atoms with Crippen LogP contribution in [0.25, 0.3) is 11.1 Å². The zero-order valence-corrected chi connectivity index (χ0v) is 18.7. The van der Waals surface area contributed by atoms with Crippen LogP contribution >= 0.6 is 0 Å². The van der Waals surface area contributed by atoms with Gasteiger partial charge in [0.25, 0.3) is 0 Å². The monoisotopic (exact) mass is 426 g/mol. The van der Waals surface area contributed by atoms with E-state index < -0.39 is 11.7 Å². The Morgan fingerprint density at radius 3 is 2.29 bits per heavy atom. The van der Waals surface area contributed by atoms with Crippen LogP contribution in [-0.4, -0.2) is 48.7 Å². The van der Waals surface area contributed by atoms with Crippen LogP contribution < -0.4 is 5.32 Å². The summed E-state index contributed by atoms with van der Waals surface area (Å²) in [6.45, 7) is 7.60. The van der Waals surface area contributed by atoms with Gasteiger partial charge in [-0.25, -0.2) is 9.59 Å². The normalized spacial score (nSPS) is 10.9. The Bertz CT molecular complexity index is 934. The molecule has 0 aliphatic heterocycles. The van der Waals surface area contributed by atoms with E-state index in [2.05, 4.69) is 5.32 Å². The molecule has 0 unspecified atom stereocenters. The van der Waals surface area contributed by atoms with Gasteiger partial charge in [-0.2, -0.15) is 0 Å². The molecule has 0 saturated heterocycles. The molecule has 0 aliphatic carbocycles. The fourth-order valence-electron chi connectivity index (χ4n) is 2.85. The Hall–Kier alpha value is -3.35. The summed E-state index contributed by atoms with van der Waals surface area (Å²) >= 11 is 0. The molecule has 2 amide bonds. The van der Waals surface area contributed by atoms with Gasteiger partial charge in [0.05, 0.1) is 12.2 Å². The fourth-order valence-corrected chi connectivity index (χ4v) is 2.85. The molecule has 0 heterocycles. The second kappa shape index (κ2) is 10.6. The van der Waals surface area contributed by atoms with E-state index in [-0.39, 0.29) is 18.4 Å². The molecule has 2 aromatic rings. The Balaban J connectivity index is 2.02. The first-order chi connectivity index (χ1) is 14.6. The number of alkyl carbamates (subject to hydrolysis) is 1. The van der Waals surface area contributed by atoms with Crippen molar-refractivity contribution in [3.63, 3.8) is 0 Å². The summed E-state index contributed by atoms with van der Waals surface area (Å²) in [5.74, 6) is -0.594. The van der Waals surface area contributed by atoms with Gasteiger partial charge < -0.3 is 19.7 Å². The van der Waals surface area contributed by atoms with Crippen molar-refractivity contribution in [3.8, 4) is 11.1 Å². The Morgan fingerprint density at radius 2 is 1.65 bits per heavy atom. The van der Waals surface area contributed by atoms with E-state index in [4.69, 9.17) is 9.47 Å². The number of ether oxygens (including phenoxy) is 2. The second-order valence-electron chi connectivity index (χ2n) is 8.11. The van der Waals surface area contributed by atoms with E-state index in [9.17, 15) is 14.4 Å². The number of hydrogen-bond acceptors (Lipinski definition) is 5. The van der Waals surface area contributed by atoms with E-state index in [1.54, 1.807) is 46.9 Å². The van der Waals surface area contributed by atoms with Gasteiger partial charge in [-0.3, -0.25) is 4.79 Å². The maximum atomic E-state index is 12.4. The Labute approximate surface area is 183 Å². The van der Waals surface area contributed by atoms with Crippen molar-refractivity contribution in [1.82, 2.24) is 10.2 Å². The second-order valence-corrected chi connectivity index (χ2v) is 8.11. The van der Waals surface area contributed by atoms with Gasteiger partial charge in [0.1, 0.15) is 12.1 Å². The molecule has 0 bridgehead atoms. The molecule has 166 valence electrons. The summed E-state index contributed by atoms with van der Waals surface area (Å²) in [6, 6.07) is 15.0. The molecule has 0 aliphatic rings. The molecule has 0 fully saturated rings. The highest BCUT2D eigenvalue weighted by molar-refractivity contribution is 5.91. The maximum absolute atomic E-state index is 12.4. The number of nitrogens with zero attached hydrogens (tertiary/aromatic N) is 1. The fraction of sp³-hybridized carbons (Fsp3) is 0.375. The van der Waals surface area contributed by atoms with Gasteiger partial charge in [0, 0.05) is 13.6 Å². The molecular weight excluding hydrogens is 396 g/mol. The largest absolute Gasteiger partial charge is 0.462 e. The molecule has 0 spiro atoms. The summed E-state index contributed by atoms with van der Waals surface area (Å²) in [7, 11) is 1.67. The summed E-state index contributed by atoms with van der Waals surface area (Å²) in [4.78, 5) is 37.6. The van der Waals surface area contributed by atoms with Crippen molar-refractivity contribution < 1.29 is 23.9 Å². The minimum absolute atomic E-state index is 0.146. The number of likely N-dealkylation sites (N-methyl/N-ethyl adjacent to an activating group) is 1. The average Bonchev–Trinajstić information content (AvgIpc) is 2.71.